The Balaban J connectivity index is 3.38. The summed E-state index contributed by atoms with van der Waals surface area (Å²) in [4.78, 5) is 48.8. The quantitative estimate of drug-likeness (QED) is 0.134. The molecule has 1 aromatic carbocycles. The predicted octanol–water partition coefficient (Wildman–Crippen LogP) is 5.89. The van der Waals surface area contributed by atoms with Crippen molar-refractivity contribution in [3.63, 3.8) is 0 Å². The van der Waals surface area contributed by atoms with Crippen LogP contribution in [0.1, 0.15) is 79.2 Å². The molecule has 6 atom stereocenters. The minimum Gasteiger partial charge on any atom is -0.480 e. The van der Waals surface area contributed by atoms with Gasteiger partial charge in [-0.15, -0.1) is 0 Å². The van der Waals surface area contributed by atoms with Gasteiger partial charge in [-0.1, -0.05) is 60.5 Å². The molecule has 0 fully saturated rings. The molecule has 0 saturated carbocycles. The minimum atomic E-state index is -1.43. The van der Waals surface area contributed by atoms with Crippen molar-refractivity contribution in [1.29, 1.82) is 0 Å². The zero-order chi connectivity index (χ0) is 31.1. The number of carbonyl (C=O) groups is 4. The first kappa shape index (κ1) is 35.5. The van der Waals surface area contributed by atoms with E-state index in [1.54, 1.807) is 13.8 Å². The Morgan fingerprint density at radius 1 is 0.805 bits per heavy atom. The average molecular weight is 584 g/mol. The van der Waals surface area contributed by atoms with Crippen molar-refractivity contribution in [2.45, 2.75) is 85.8 Å². The second-order valence-corrected chi connectivity index (χ2v) is 10.2. The van der Waals surface area contributed by atoms with E-state index in [4.69, 9.17) is 34.2 Å². The number of rotatable bonds is 16. The maximum atomic E-state index is 12.5. The molecule has 0 radical (unpaired) electrons. The molecule has 3 N–H and O–H groups in total. The molecular formula is C29H45NO11. The number of benzene rings is 1. The molecule has 232 valence electrons. The van der Waals surface area contributed by atoms with E-state index in [1.807, 2.05) is 34.6 Å². The van der Waals surface area contributed by atoms with Gasteiger partial charge in [0.2, 0.25) is 0 Å². The van der Waals surface area contributed by atoms with Gasteiger partial charge in [-0.25, -0.2) is 14.4 Å². The van der Waals surface area contributed by atoms with Crippen molar-refractivity contribution in [3.05, 3.63) is 23.8 Å². The van der Waals surface area contributed by atoms with Crippen LogP contribution in [0.25, 0.3) is 0 Å². The van der Waals surface area contributed by atoms with Gasteiger partial charge in [-0.05, 0) is 42.9 Å². The normalized spacial score (nSPS) is 15.3. The third kappa shape index (κ3) is 12.2. The number of ether oxygens (including phenoxy) is 6. The molecule has 41 heavy (non-hydrogen) atoms. The third-order valence-corrected chi connectivity index (χ3v) is 6.79. The summed E-state index contributed by atoms with van der Waals surface area (Å²) in [5.74, 6) is -3.01. The molecule has 0 aromatic heterocycles. The van der Waals surface area contributed by atoms with Crippen LogP contribution in [-0.4, -0.2) is 61.5 Å². The predicted molar refractivity (Wildman–Crippen MR) is 149 cm³/mol. The fraction of sp³-hybridized carbons (Fsp3) is 0.655. The van der Waals surface area contributed by atoms with Crippen LogP contribution in [0.15, 0.2) is 18.2 Å². The van der Waals surface area contributed by atoms with E-state index in [2.05, 4.69) is 0 Å². The average Bonchev–Trinajstić information content (AvgIpc) is 2.94. The molecule has 12 nitrogen and oxygen atoms in total. The highest BCUT2D eigenvalue weighted by Gasteiger charge is 2.36. The molecule has 1 aromatic rings. The number of nitrogens with two attached hydrogens (primary N) is 1. The highest BCUT2D eigenvalue weighted by atomic mass is 16.7. The minimum absolute atomic E-state index is 0.0874. The van der Waals surface area contributed by atoms with E-state index in [0.717, 1.165) is 12.8 Å². The fourth-order valence-corrected chi connectivity index (χ4v) is 3.55. The van der Waals surface area contributed by atoms with E-state index in [9.17, 15) is 24.3 Å². The summed E-state index contributed by atoms with van der Waals surface area (Å²) in [6.45, 7) is 13.2. The van der Waals surface area contributed by atoms with Crippen molar-refractivity contribution in [3.8, 4) is 11.5 Å². The standard InChI is InChI=1S/C29H45NO11/c1-8-13-36-27(33)39-20(7)19(6)24(25(30)26(31)32)21-11-12-22(40-28(34)37-15-17(4)9-2)23(14-21)41-29(35)38-16-18(5)10-3/h11-12,14,17-20,24-25H,8-10,13,15-16,30H2,1-7H3,(H,31,32)/t17?,18?,19?,20?,24?,25-/m0/s1. The van der Waals surface area contributed by atoms with Crippen molar-refractivity contribution in [2.24, 2.45) is 23.5 Å². The van der Waals surface area contributed by atoms with E-state index in [1.165, 1.54) is 18.2 Å². The van der Waals surface area contributed by atoms with Gasteiger partial charge in [0.05, 0.1) is 19.8 Å². The second-order valence-electron chi connectivity index (χ2n) is 10.2. The van der Waals surface area contributed by atoms with Gasteiger partial charge >= 0.3 is 24.4 Å². The molecule has 0 aliphatic heterocycles. The highest BCUT2D eigenvalue weighted by molar-refractivity contribution is 5.75. The molecule has 0 spiro atoms. The molecule has 0 heterocycles. The molecule has 5 unspecified atom stereocenters. The van der Waals surface area contributed by atoms with Crippen molar-refractivity contribution in [2.75, 3.05) is 19.8 Å². The van der Waals surface area contributed by atoms with Crippen LogP contribution < -0.4 is 15.2 Å². The number of hydrogen-bond donors (Lipinski definition) is 2. The van der Waals surface area contributed by atoms with Crippen molar-refractivity contribution in [1.82, 2.24) is 0 Å². The van der Waals surface area contributed by atoms with Crippen molar-refractivity contribution < 1.29 is 52.7 Å². The topological polar surface area (TPSA) is 170 Å². The summed E-state index contributed by atoms with van der Waals surface area (Å²) in [6.07, 6.45) is -1.56. The second kappa shape index (κ2) is 18.0. The third-order valence-electron chi connectivity index (χ3n) is 6.79. The molecule has 0 aliphatic carbocycles. The molecule has 1 rings (SSSR count). The maximum absolute atomic E-state index is 12.5. The summed E-state index contributed by atoms with van der Waals surface area (Å²) < 4.78 is 31.3. The van der Waals surface area contributed by atoms with Crippen molar-refractivity contribution >= 4 is 24.4 Å². The number of hydrogen-bond acceptors (Lipinski definition) is 11. The number of carboxylic acid groups (broad SMARTS) is 1. The Bertz CT molecular complexity index is 999. The van der Waals surface area contributed by atoms with Crippen LogP contribution in [0.3, 0.4) is 0 Å². The van der Waals surface area contributed by atoms with Crippen LogP contribution in [-0.2, 0) is 23.7 Å². The Kier molecular flexibility index (Phi) is 15.6. The van der Waals surface area contributed by atoms with Gasteiger partial charge in [0.25, 0.3) is 0 Å². The lowest BCUT2D eigenvalue weighted by Gasteiger charge is -2.31. The Morgan fingerprint density at radius 2 is 1.34 bits per heavy atom. The van der Waals surface area contributed by atoms with Crippen LogP contribution in [0.4, 0.5) is 14.4 Å². The van der Waals surface area contributed by atoms with Gasteiger partial charge in [0, 0.05) is 11.8 Å². The zero-order valence-corrected chi connectivity index (χ0v) is 25.0. The van der Waals surface area contributed by atoms with Crippen LogP contribution in [0, 0.1) is 17.8 Å². The Morgan fingerprint density at radius 3 is 1.83 bits per heavy atom. The molecule has 0 saturated heterocycles. The first-order valence-electron chi connectivity index (χ1n) is 14.0. The number of aliphatic carboxylic acids is 1. The first-order valence-corrected chi connectivity index (χ1v) is 14.0. The van der Waals surface area contributed by atoms with Gasteiger partial charge in [-0.3, -0.25) is 4.79 Å². The smallest absolute Gasteiger partial charge is 0.480 e. The molecule has 12 heteroatoms. The highest BCUT2D eigenvalue weighted by Crippen LogP contribution is 2.37. The van der Waals surface area contributed by atoms with Gasteiger partial charge in [0.1, 0.15) is 12.1 Å². The number of carbonyl (C=O) groups excluding carboxylic acids is 3. The summed E-state index contributed by atoms with van der Waals surface area (Å²) in [7, 11) is 0. The maximum Gasteiger partial charge on any atom is 0.513 e. The van der Waals surface area contributed by atoms with Crippen LogP contribution in [0.5, 0.6) is 11.5 Å². The van der Waals surface area contributed by atoms with Crippen LogP contribution >= 0.6 is 0 Å². The SMILES string of the molecule is CCCOC(=O)OC(C)C(C)C(c1ccc(OC(=O)OCC(C)CC)c(OC(=O)OCC(C)CC)c1)[C@H](N)C(=O)O. The monoisotopic (exact) mass is 583 g/mol. The fourth-order valence-electron chi connectivity index (χ4n) is 3.55. The van der Waals surface area contributed by atoms with E-state index in [-0.39, 0.29) is 43.2 Å². The molecule has 0 amide bonds. The van der Waals surface area contributed by atoms with Gasteiger partial charge in [-0.2, -0.15) is 0 Å². The summed E-state index contributed by atoms with van der Waals surface area (Å²) >= 11 is 0. The van der Waals surface area contributed by atoms with Crippen LogP contribution in [0.2, 0.25) is 0 Å². The largest absolute Gasteiger partial charge is 0.513 e. The summed E-state index contributed by atoms with van der Waals surface area (Å²) in [5, 5.41) is 9.75. The van der Waals surface area contributed by atoms with Gasteiger partial charge in [0.15, 0.2) is 11.5 Å². The zero-order valence-electron chi connectivity index (χ0n) is 25.0. The van der Waals surface area contributed by atoms with E-state index < -0.39 is 48.4 Å². The lowest BCUT2D eigenvalue weighted by atomic mass is 9.79. The van der Waals surface area contributed by atoms with Gasteiger partial charge < -0.3 is 39.3 Å². The first-order chi connectivity index (χ1) is 19.3. The lowest BCUT2D eigenvalue weighted by Crippen LogP contribution is -2.42. The molecule has 0 aliphatic rings. The summed E-state index contributed by atoms with van der Waals surface area (Å²) in [6, 6.07) is 2.74. The Labute approximate surface area is 241 Å². The molecular weight excluding hydrogens is 538 g/mol. The molecule has 0 bridgehead atoms. The van der Waals surface area contributed by atoms with E-state index in [0.29, 0.717) is 12.0 Å². The Hall–Kier alpha value is -3.54. The number of carboxylic acids is 1. The van der Waals surface area contributed by atoms with E-state index >= 15 is 0 Å². The lowest BCUT2D eigenvalue weighted by molar-refractivity contribution is -0.139. The summed E-state index contributed by atoms with van der Waals surface area (Å²) in [5.41, 5.74) is 6.41.